The van der Waals surface area contributed by atoms with Crippen molar-refractivity contribution < 1.29 is 22.7 Å². The van der Waals surface area contributed by atoms with Gasteiger partial charge in [-0.2, -0.15) is 13.2 Å². The lowest BCUT2D eigenvalue weighted by Gasteiger charge is -2.17. The predicted molar refractivity (Wildman–Crippen MR) is 57.9 cm³/mol. The number of epoxide rings is 1. The molecule has 3 nitrogen and oxygen atoms in total. The van der Waals surface area contributed by atoms with Crippen molar-refractivity contribution in [3.8, 4) is 0 Å². The van der Waals surface area contributed by atoms with E-state index < -0.39 is 18.1 Å². The van der Waals surface area contributed by atoms with Crippen LogP contribution in [0.15, 0.2) is 30.3 Å². The van der Waals surface area contributed by atoms with E-state index in [9.17, 15) is 18.0 Å². The van der Waals surface area contributed by atoms with E-state index in [-0.39, 0.29) is 6.10 Å². The third-order valence-electron chi connectivity index (χ3n) is 2.68. The highest BCUT2D eigenvalue weighted by Gasteiger charge is 2.43. The fraction of sp³-hybridized carbons (Fsp3) is 0.417. The van der Waals surface area contributed by atoms with Crippen LogP contribution in [0, 0.1) is 0 Å². The molecule has 2 rings (SSSR count). The summed E-state index contributed by atoms with van der Waals surface area (Å²) in [5, 5.41) is 1.98. The van der Waals surface area contributed by atoms with Crippen LogP contribution < -0.4 is 5.32 Å². The lowest BCUT2D eigenvalue weighted by molar-refractivity contribution is -0.174. The molecule has 1 N–H and O–H groups in total. The number of nitrogens with one attached hydrogen (secondary N) is 1. The van der Waals surface area contributed by atoms with Crippen LogP contribution in [-0.2, 0) is 16.0 Å². The van der Waals surface area contributed by atoms with Crippen LogP contribution in [0.2, 0.25) is 0 Å². The first-order valence-electron chi connectivity index (χ1n) is 5.50. The molecular weight excluding hydrogens is 247 g/mol. The standard InChI is InChI=1S/C12H12F3NO2/c13-12(14,15)11(17)16-9(10-7-18-10)6-8-4-2-1-3-5-8/h1-5,9-10H,6-7H2,(H,16,17). The summed E-state index contributed by atoms with van der Waals surface area (Å²) in [6.07, 6.45) is -4.85. The molecule has 1 saturated heterocycles. The number of carbonyl (C=O) groups is 1. The molecule has 0 saturated carbocycles. The van der Waals surface area contributed by atoms with Crippen LogP contribution in [0.1, 0.15) is 5.56 Å². The Morgan fingerprint density at radius 3 is 2.50 bits per heavy atom. The summed E-state index contributed by atoms with van der Waals surface area (Å²) in [4.78, 5) is 10.9. The second-order valence-corrected chi connectivity index (χ2v) is 4.14. The lowest BCUT2D eigenvalue weighted by atomic mass is 10.0. The molecule has 1 aromatic rings. The average Bonchev–Trinajstić information content (AvgIpc) is 3.12. The van der Waals surface area contributed by atoms with Gasteiger partial charge in [0.2, 0.25) is 0 Å². The zero-order valence-electron chi connectivity index (χ0n) is 9.41. The van der Waals surface area contributed by atoms with E-state index in [4.69, 9.17) is 4.74 Å². The van der Waals surface area contributed by atoms with Gasteiger partial charge >= 0.3 is 12.1 Å². The van der Waals surface area contributed by atoms with E-state index in [0.29, 0.717) is 13.0 Å². The molecule has 2 atom stereocenters. The molecule has 1 aliphatic heterocycles. The van der Waals surface area contributed by atoms with Crippen molar-refractivity contribution in [2.75, 3.05) is 6.61 Å². The van der Waals surface area contributed by atoms with Crippen LogP contribution in [-0.4, -0.2) is 30.8 Å². The Labute approximate surface area is 102 Å². The highest BCUT2D eigenvalue weighted by Crippen LogP contribution is 2.21. The van der Waals surface area contributed by atoms with Gasteiger partial charge in [0.15, 0.2) is 0 Å². The molecule has 0 aromatic heterocycles. The van der Waals surface area contributed by atoms with Crippen LogP contribution in [0.25, 0.3) is 0 Å². The summed E-state index contributed by atoms with van der Waals surface area (Å²) >= 11 is 0. The maximum Gasteiger partial charge on any atom is 0.471 e. The number of hydrogen-bond donors (Lipinski definition) is 1. The van der Waals surface area contributed by atoms with E-state index in [0.717, 1.165) is 5.56 Å². The zero-order chi connectivity index (χ0) is 13.2. The number of halogens is 3. The van der Waals surface area contributed by atoms with Gasteiger partial charge in [-0.3, -0.25) is 4.79 Å². The van der Waals surface area contributed by atoms with Crippen LogP contribution in [0.5, 0.6) is 0 Å². The quantitative estimate of drug-likeness (QED) is 0.836. The van der Waals surface area contributed by atoms with Crippen molar-refractivity contribution in [3.63, 3.8) is 0 Å². The second-order valence-electron chi connectivity index (χ2n) is 4.14. The first-order valence-corrected chi connectivity index (χ1v) is 5.50. The summed E-state index contributed by atoms with van der Waals surface area (Å²) in [5.41, 5.74) is 0.862. The minimum absolute atomic E-state index is 0.323. The van der Waals surface area contributed by atoms with Gasteiger partial charge in [-0.05, 0) is 12.0 Å². The monoisotopic (exact) mass is 259 g/mol. The van der Waals surface area contributed by atoms with Crippen LogP contribution in [0.3, 0.4) is 0 Å². The molecule has 6 heteroatoms. The molecule has 0 spiro atoms. The predicted octanol–water partition coefficient (Wildman–Crippen LogP) is 1.67. The highest BCUT2D eigenvalue weighted by molar-refractivity contribution is 5.82. The number of ether oxygens (including phenoxy) is 1. The SMILES string of the molecule is O=C(NC(Cc1ccccc1)C1CO1)C(F)(F)F. The zero-order valence-corrected chi connectivity index (χ0v) is 9.41. The van der Waals surface area contributed by atoms with E-state index in [1.54, 1.807) is 24.3 Å². The van der Waals surface area contributed by atoms with Gasteiger partial charge in [0.1, 0.15) is 6.10 Å². The summed E-state index contributed by atoms with van der Waals surface area (Å²) in [6.45, 7) is 0.385. The molecule has 1 aromatic carbocycles. The van der Waals surface area contributed by atoms with E-state index >= 15 is 0 Å². The number of benzene rings is 1. The van der Waals surface area contributed by atoms with E-state index in [1.807, 2.05) is 11.4 Å². The molecule has 0 aliphatic carbocycles. The van der Waals surface area contributed by atoms with Gasteiger partial charge in [-0.15, -0.1) is 0 Å². The second kappa shape index (κ2) is 4.97. The summed E-state index contributed by atoms with van der Waals surface area (Å²) < 4.78 is 41.5. The normalized spacial score (nSPS) is 20.3. The Kier molecular flexibility index (Phi) is 3.56. The average molecular weight is 259 g/mol. The molecule has 1 amide bonds. The fourth-order valence-corrected chi connectivity index (χ4v) is 1.68. The van der Waals surface area contributed by atoms with E-state index in [1.165, 1.54) is 0 Å². The van der Waals surface area contributed by atoms with E-state index in [2.05, 4.69) is 0 Å². The Balaban J connectivity index is 1.99. The smallest absolute Gasteiger partial charge is 0.371 e. The van der Waals surface area contributed by atoms with Crippen LogP contribution >= 0.6 is 0 Å². The molecule has 1 fully saturated rings. The maximum absolute atomic E-state index is 12.2. The Hall–Kier alpha value is -1.56. The van der Waals surface area contributed by atoms with Gasteiger partial charge in [0.05, 0.1) is 12.6 Å². The number of alkyl halides is 3. The fourth-order valence-electron chi connectivity index (χ4n) is 1.68. The Morgan fingerprint density at radius 1 is 1.39 bits per heavy atom. The molecule has 1 heterocycles. The lowest BCUT2D eigenvalue weighted by Crippen LogP contribution is -2.46. The van der Waals surface area contributed by atoms with Crippen molar-refractivity contribution in [1.29, 1.82) is 0 Å². The number of hydrogen-bond acceptors (Lipinski definition) is 2. The minimum Gasteiger partial charge on any atom is -0.371 e. The first-order chi connectivity index (χ1) is 8.47. The van der Waals surface area contributed by atoms with Gasteiger partial charge in [0, 0.05) is 0 Å². The molecule has 18 heavy (non-hydrogen) atoms. The minimum atomic E-state index is -4.86. The summed E-state index contributed by atoms with van der Waals surface area (Å²) in [6, 6.07) is 8.38. The summed E-state index contributed by atoms with van der Waals surface area (Å²) in [7, 11) is 0. The molecule has 1 aliphatic rings. The third kappa shape index (κ3) is 3.46. The Bertz CT molecular complexity index is 415. The molecule has 2 unspecified atom stereocenters. The van der Waals surface area contributed by atoms with Gasteiger partial charge in [-0.25, -0.2) is 0 Å². The number of carbonyl (C=O) groups excluding carboxylic acids is 1. The van der Waals surface area contributed by atoms with Crippen molar-refractivity contribution >= 4 is 5.91 Å². The highest BCUT2D eigenvalue weighted by atomic mass is 19.4. The van der Waals surface area contributed by atoms with Gasteiger partial charge < -0.3 is 10.1 Å². The molecule has 98 valence electrons. The maximum atomic E-state index is 12.2. The van der Waals surface area contributed by atoms with Crippen LogP contribution in [0.4, 0.5) is 13.2 Å². The van der Waals surface area contributed by atoms with Crippen molar-refractivity contribution in [2.45, 2.75) is 24.7 Å². The molecule has 0 radical (unpaired) electrons. The summed E-state index contributed by atoms with van der Waals surface area (Å²) in [5.74, 6) is -1.92. The molecular formula is C12H12F3NO2. The van der Waals surface area contributed by atoms with Gasteiger partial charge in [-0.1, -0.05) is 30.3 Å². The molecule has 0 bridgehead atoms. The van der Waals surface area contributed by atoms with Crippen molar-refractivity contribution in [1.82, 2.24) is 5.32 Å². The van der Waals surface area contributed by atoms with Gasteiger partial charge in [0.25, 0.3) is 0 Å². The van der Waals surface area contributed by atoms with Crippen molar-refractivity contribution in [2.24, 2.45) is 0 Å². The third-order valence-corrected chi connectivity index (χ3v) is 2.68. The first kappa shape index (κ1) is 12.9. The topological polar surface area (TPSA) is 41.6 Å². The number of amides is 1. The number of rotatable bonds is 4. The van der Waals surface area contributed by atoms with Crippen molar-refractivity contribution in [3.05, 3.63) is 35.9 Å². The largest absolute Gasteiger partial charge is 0.471 e. The Morgan fingerprint density at radius 2 is 2.00 bits per heavy atom.